The molecule has 2 fully saturated rings. The highest BCUT2D eigenvalue weighted by Crippen LogP contribution is 2.35. The number of aromatic nitrogens is 2. The molecular weight excluding hydrogens is 398 g/mol. The van der Waals surface area contributed by atoms with Gasteiger partial charge in [-0.05, 0) is 74.4 Å². The van der Waals surface area contributed by atoms with Gasteiger partial charge in [-0.3, -0.25) is 14.6 Å². The fraction of sp³-hybridized carbons (Fsp3) is 0.370. The Balaban J connectivity index is 1.61. The van der Waals surface area contributed by atoms with Crippen molar-refractivity contribution in [2.45, 2.75) is 52.5 Å². The maximum absolute atomic E-state index is 12.6. The number of nitrogens with zero attached hydrogens (tertiary/aromatic N) is 3. The summed E-state index contributed by atoms with van der Waals surface area (Å²) in [7, 11) is 0. The lowest BCUT2D eigenvalue weighted by Crippen LogP contribution is -2.32. The Bertz CT molecular complexity index is 1170. The largest absolute Gasteiger partial charge is 0.312 e. The summed E-state index contributed by atoms with van der Waals surface area (Å²) in [6, 6.07) is 5.61. The van der Waals surface area contributed by atoms with Crippen LogP contribution in [0.4, 0.5) is 0 Å². The molecule has 1 saturated heterocycles. The predicted molar refractivity (Wildman–Crippen MR) is 129 cm³/mol. The van der Waals surface area contributed by atoms with Gasteiger partial charge in [-0.1, -0.05) is 19.1 Å². The van der Waals surface area contributed by atoms with E-state index in [4.69, 9.17) is 0 Å². The Labute approximate surface area is 189 Å². The molecule has 0 atom stereocenters. The van der Waals surface area contributed by atoms with Crippen LogP contribution in [0.3, 0.4) is 0 Å². The van der Waals surface area contributed by atoms with Gasteiger partial charge in [-0.15, -0.1) is 0 Å². The van der Waals surface area contributed by atoms with Gasteiger partial charge in [0.1, 0.15) is 0 Å². The molecule has 32 heavy (non-hydrogen) atoms. The summed E-state index contributed by atoms with van der Waals surface area (Å²) in [6.45, 7) is 11.0. The van der Waals surface area contributed by atoms with Crippen molar-refractivity contribution >= 4 is 11.5 Å². The summed E-state index contributed by atoms with van der Waals surface area (Å²) in [5.74, 6) is 0.762. The van der Waals surface area contributed by atoms with Crippen molar-refractivity contribution in [1.29, 1.82) is 0 Å². The van der Waals surface area contributed by atoms with Gasteiger partial charge in [-0.25, -0.2) is 0 Å². The third-order valence-corrected chi connectivity index (χ3v) is 6.54. The molecule has 0 spiro atoms. The number of rotatable bonds is 6. The van der Waals surface area contributed by atoms with E-state index in [1.807, 2.05) is 56.4 Å². The van der Waals surface area contributed by atoms with Crippen LogP contribution in [0, 0.1) is 5.92 Å². The smallest absolute Gasteiger partial charge is 0.250 e. The molecule has 3 heterocycles. The van der Waals surface area contributed by atoms with E-state index in [-0.39, 0.29) is 17.5 Å². The quantitative estimate of drug-likeness (QED) is 0.621. The monoisotopic (exact) mass is 429 g/mol. The molecule has 1 aliphatic heterocycles. The molecule has 166 valence electrons. The van der Waals surface area contributed by atoms with Crippen LogP contribution in [0.25, 0.3) is 16.7 Å². The Morgan fingerprint density at radius 2 is 2.00 bits per heavy atom. The van der Waals surface area contributed by atoms with Gasteiger partial charge in [0, 0.05) is 54.1 Å². The van der Waals surface area contributed by atoms with E-state index in [0.717, 1.165) is 40.1 Å². The average Bonchev–Trinajstić information content (AvgIpc) is 3.01. The number of pyridine rings is 2. The van der Waals surface area contributed by atoms with Gasteiger partial charge in [-0.2, -0.15) is 0 Å². The number of carbonyl (C=O) groups excluding carboxylic acids is 1. The summed E-state index contributed by atoms with van der Waals surface area (Å²) in [6.07, 6.45) is 13.7. The molecule has 2 aromatic rings. The van der Waals surface area contributed by atoms with E-state index in [1.165, 1.54) is 19.3 Å². The molecular formula is C27H31N3O2. The van der Waals surface area contributed by atoms with Crippen LogP contribution in [0.2, 0.25) is 0 Å². The number of hydrogen-bond donors (Lipinski definition) is 0. The number of hydrogen-bond acceptors (Lipinski definition) is 3. The molecule has 5 nitrogen and oxygen atoms in total. The van der Waals surface area contributed by atoms with Gasteiger partial charge in [0.25, 0.3) is 5.56 Å². The number of carbonyl (C=O) groups is 1. The topological polar surface area (TPSA) is 55.2 Å². The fourth-order valence-electron chi connectivity index (χ4n) is 4.32. The van der Waals surface area contributed by atoms with E-state index >= 15 is 0 Å². The van der Waals surface area contributed by atoms with Gasteiger partial charge in [0.05, 0.1) is 6.42 Å². The molecule has 4 rings (SSSR count). The highest BCUT2D eigenvalue weighted by Gasteiger charge is 2.32. The van der Waals surface area contributed by atoms with E-state index < -0.39 is 0 Å². The number of amides is 1. The van der Waals surface area contributed by atoms with Gasteiger partial charge >= 0.3 is 0 Å². The zero-order chi connectivity index (χ0) is 22.8. The first-order chi connectivity index (χ1) is 15.4. The molecule has 0 N–H and O–H groups in total. The van der Waals surface area contributed by atoms with Crippen LogP contribution in [-0.2, 0) is 4.79 Å². The molecule has 0 bridgehead atoms. The van der Waals surface area contributed by atoms with E-state index in [2.05, 4.69) is 23.7 Å². The molecule has 5 heteroatoms. The molecule has 1 saturated carbocycles. The number of allylic oxidation sites excluding steroid dienone is 4. The van der Waals surface area contributed by atoms with Crippen LogP contribution in [0.15, 0.2) is 71.6 Å². The number of likely N-dealkylation sites (tertiary alicyclic amines) is 1. The van der Waals surface area contributed by atoms with Crippen molar-refractivity contribution in [3.63, 3.8) is 0 Å². The van der Waals surface area contributed by atoms with Crippen LogP contribution < -0.4 is 5.56 Å². The second-order valence-corrected chi connectivity index (χ2v) is 9.06. The Kier molecular flexibility index (Phi) is 6.26. The van der Waals surface area contributed by atoms with Gasteiger partial charge < -0.3 is 9.47 Å². The van der Waals surface area contributed by atoms with Crippen LogP contribution >= 0.6 is 0 Å². The van der Waals surface area contributed by atoms with Gasteiger partial charge in [0.15, 0.2) is 0 Å². The lowest BCUT2D eigenvalue weighted by Gasteiger charge is -2.30. The maximum Gasteiger partial charge on any atom is 0.250 e. The normalized spacial score (nSPS) is 18.7. The van der Waals surface area contributed by atoms with Crippen molar-refractivity contribution in [2.24, 2.45) is 5.92 Å². The maximum atomic E-state index is 12.6. The summed E-state index contributed by atoms with van der Waals surface area (Å²) < 4.78 is 1.73. The molecule has 0 aromatic carbocycles. The van der Waals surface area contributed by atoms with Gasteiger partial charge in [0.2, 0.25) is 5.91 Å². The Morgan fingerprint density at radius 1 is 1.22 bits per heavy atom. The summed E-state index contributed by atoms with van der Waals surface area (Å²) in [5.41, 5.74) is 5.66. The molecule has 0 unspecified atom stereocenters. The predicted octanol–water partition coefficient (Wildman–Crippen LogP) is 5.37. The van der Waals surface area contributed by atoms with Crippen molar-refractivity contribution in [1.82, 2.24) is 14.5 Å². The highest BCUT2D eigenvalue weighted by molar-refractivity contribution is 5.89. The molecule has 1 amide bonds. The molecule has 0 radical (unpaired) electrons. The van der Waals surface area contributed by atoms with Crippen LogP contribution in [0.1, 0.15) is 58.1 Å². The minimum Gasteiger partial charge on any atom is -0.312 e. The zero-order valence-electron chi connectivity index (χ0n) is 19.2. The third kappa shape index (κ3) is 4.38. The van der Waals surface area contributed by atoms with Crippen LogP contribution in [0.5, 0.6) is 0 Å². The molecule has 1 aliphatic carbocycles. The van der Waals surface area contributed by atoms with Crippen molar-refractivity contribution < 1.29 is 4.79 Å². The highest BCUT2D eigenvalue weighted by atomic mass is 16.2. The fourth-order valence-corrected chi connectivity index (χ4v) is 4.32. The SMILES string of the molecule is C=C1/C(=C\C(=C/C)c2cncc(-c3ccc(=O)n(C(C)C)c3)c2)CC(=O)N1CC1CCC1. The van der Waals surface area contributed by atoms with Crippen molar-refractivity contribution in [3.8, 4) is 11.1 Å². The lowest BCUT2D eigenvalue weighted by atomic mass is 9.85. The summed E-state index contributed by atoms with van der Waals surface area (Å²) in [5, 5.41) is 0. The first kappa shape index (κ1) is 22.0. The first-order valence-electron chi connectivity index (χ1n) is 11.4. The van der Waals surface area contributed by atoms with E-state index in [1.54, 1.807) is 10.6 Å². The summed E-state index contributed by atoms with van der Waals surface area (Å²) >= 11 is 0. The minimum absolute atomic E-state index is 0.0115. The second kappa shape index (κ2) is 9.11. The van der Waals surface area contributed by atoms with E-state index in [0.29, 0.717) is 12.3 Å². The first-order valence-corrected chi connectivity index (χ1v) is 11.4. The van der Waals surface area contributed by atoms with Crippen molar-refractivity contribution in [3.05, 3.63) is 82.7 Å². The molecule has 2 aliphatic rings. The lowest BCUT2D eigenvalue weighted by molar-refractivity contribution is -0.127. The third-order valence-electron chi connectivity index (χ3n) is 6.54. The minimum atomic E-state index is -0.0115. The van der Waals surface area contributed by atoms with E-state index in [9.17, 15) is 9.59 Å². The molecule has 2 aromatic heterocycles. The van der Waals surface area contributed by atoms with Crippen LogP contribution in [-0.4, -0.2) is 26.9 Å². The van der Waals surface area contributed by atoms with Crippen molar-refractivity contribution in [2.75, 3.05) is 6.54 Å². The summed E-state index contributed by atoms with van der Waals surface area (Å²) in [4.78, 5) is 31.0. The Morgan fingerprint density at radius 3 is 2.66 bits per heavy atom. The average molecular weight is 430 g/mol. The standard InChI is InChI=1S/C27H31N3O2/c1-5-21(11-23-13-27(32)30(19(23)4)16-20-7-6-8-20)24-12-25(15-28-14-24)22-9-10-26(31)29(17-22)18(2)3/h5,9-12,14-15,17-18,20H,4,6-8,13,16H2,1-3H3/b21-5+,23-11-. The second-order valence-electron chi connectivity index (χ2n) is 9.06. The Hall–Kier alpha value is -3.21. The zero-order valence-corrected chi connectivity index (χ0v) is 19.2.